The molecule has 2 fully saturated rings. The lowest BCUT2D eigenvalue weighted by Gasteiger charge is -2.41. The number of ether oxygens (including phenoxy) is 2. The number of nitrogens with zero attached hydrogens (tertiary/aromatic N) is 2. The third-order valence-corrected chi connectivity index (χ3v) is 9.29. The molecule has 1 aromatic rings. The Balaban J connectivity index is 1.72. The highest BCUT2D eigenvalue weighted by Crippen LogP contribution is 2.57. The van der Waals surface area contributed by atoms with Crippen molar-refractivity contribution in [3.05, 3.63) is 33.8 Å². The number of rotatable bonds is 7. The molecular weight excluding hydrogens is 585 g/mol. The van der Waals surface area contributed by atoms with Gasteiger partial charge in [0.05, 0.1) is 34.6 Å². The zero-order valence-electron chi connectivity index (χ0n) is 25.3. The van der Waals surface area contributed by atoms with E-state index in [1.54, 1.807) is 43.9 Å². The number of carbonyl (C=O) groups is 5. The van der Waals surface area contributed by atoms with Crippen LogP contribution in [0.5, 0.6) is 0 Å². The van der Waals surface area contributed by atoms with Gasteiger partial charge in [-0.25, -0.2) is 0 Å². The first kappa shape index (κ1) is 33.6. The van der Waals surface area contributed by atoms with Crippen LogP contribution >= 0.6 is 23.2 Å². The maximum Gasteiger partial charge on any atom is 0.312 e. The van der Waals surface area contributed by atoms with Gasteiger partial charge in [-0.1, -0.05) is 43.1 Å². The molecule has 2 aliphatic rings. The quantitative estimate of drug-likeness (QED) is 0.452. The van der Waals surface area contributed by atoms with Crippen molar-refractivity contribution in [2.45, 2.75) is 72.4 Å². The first-order valence-corrected chi connectivity index (χ1v) is 14.8. The molecule has 0 spiro atoms. The van der Waals surface area contributed by atoms with Crippen LogP contribution in [0.2, 0.25) is 10.0 Å². The summed E-state index contributed by atoms with van der Waals surface area (Å²) in [6, 6.07) is 3.65. The van der Waals surface area contributed by atoms with Crippen molar-refractivity contribution in [3.8, 4) is 0 Å². The first-order valence-electron chi connectivity index (χ1n) is 14.1. The molecular formula is C30H41Cl2N3O7. The summed E-state index contributed by atoms with van der Waals surface area (Å²) in [6.07, 6.45) is 0.499. The van der Waals surface area contributed by atoms with Crippen LogP contribution in [0.25, 0.3) is 0 Å². The maximum absolute atomic E-state index is 13.6. The zero-order chi connectivity index (χ0) is 31.6. The Labute approximate surface area is 257 Å². The second-order valence-corrected chi connectivity index (χ2v) is 13.5. The fourth-order valence-electron chi connectivity index (χ4n) is 5.65. The number of piperazine rings is 1. The fourth-order valence-corrected chi connectivity index (χ4v) is 6.21. The van der Waals surface area contributed by atoms with Crippen molar-refractivity contribution in [2.24, 2.45) is 16.7 Å². The van der Waals surface area contributed by atoms with Crippen LogP contribution in [0.3, 0.4) is 0 Å². The van der Waals surface area contributed by atoms with Crippen LogP contribution in [-0.4, -0.2) is 84.4 Å². The van der Waals surface area contributed by atoms with E-state index < -0.39 is 46.2 Å². The molecule has 3 atom stereocenters. The van der Waals surface area contributed by atoms with Crippen molar-refractivity contribution >= 4 is 52.9 Å². The van der Waals surface area contributed by atoms with Crippen LogP contribution in [0.15, 0.2) is 18.2 Å². The predicted octanol–water partition coefficient (Wildman–Crippen LogP) is 4.11. The van der Waals surface area contributed by atoms with Gasteiger partial charge in [-0.15, -0.1) is 0 Å². The number of hydrogen-bond acceptors (Lipinski definition) is 7. The van der Waals surface area contributed by atoms with Gasteiger partial charge in [-0.05, 0) is 58.1 Å². The van der Waals surface area contributed by atoms with Crippen LogP contribution in [0.4, 0.5) is 0 Å². The van der Waals surface area contributed by atoms with E-state index in [0.717, 1.165) is 0 Å². The Morgan fingerprint density at radius 1 is 1.00 bits per heavy atom. The van der Waals surface area contributed by atoms with Gasteiger partial charge in [0.25, 0.3) is 5.91 Å². The average Bonchev–Trinajstić information content (AvgIpc) is 3.16. The second-order valence-electron chi connectivity index (χ2n) is 12.7. The molecule has 1 aliphatic carbocycles. The lowest BCUT2D eigenvalue weighted by molar-refractivity contribution is -0.173. The lowest BCUT2D eigenvalue weighted by atomic mass is 9.65. The highest BCUT2D eigenvalue weighted by molar-refractivity contribution is 6.39. The minimum atomic E-state index is -1.17. The normalized spacial score (nSPS) is 22.7. The number of carbonyl (C=O) groups excluding carboxylic acids is 5. The van der Waals surface area contributed by atoms with Crippen molar-refractivity contribution in [1.29, 1.82) is 0 Å². The van der Waals surface area contributed by atoms with Gasteiger partial charge in [0.2, 0.25) is 11.8 Å². The van der Waals surface area contributed by atoms with E-state index in [4.69, 9.17) is 32.7 Å². The predicted molar refractivity (Wildman–Crippen MR) is 158 cm³/mol. The molecule has 10 nitrogen and oxygen atoms in total. The van der Waals surface area contributed by atoms with E-state index in [0.29, 0.717) is 12.8 Å². The summed E-state index contributed by atoms with van der Waals surface area (Å²) in [5.41, 5.74) is -2.18. The number of hydrogen-bond donors (Lipinski definition) is 1. The summed E-state index contributed by atoms with van der Waals surface area (Å²) in [5.74, 6) is -2.84. The van der Waals surface area contributed by atoms with Crippen LogP contribution in [0.1, 0.15) is 71.2 Å². The van der Waals surface area contributed by atoms with Crippen LogP contribution in [0, 0.1) is 16.7 Å². The summed E-state index contributed by atoms with van der Waals surface area (Å²) < 4.78 is 10.5. The number of methoxy groups -OCH3 is 1. The number of nitrogens with one attached hydrogen (secondary N) is 1. The molecule has 0 aromatic heterocycles. The fraction of sp³-hybridized carbons (Fsp3) is 0.633. The van der Waals surface area contributed by atoms with Crippen LogP contribution in [-0.2, 0) is 28.7 Å². The largest absolute Gasteiger partial charge is 0.469 e. The molecule has 232 valence electrons. The van der Waals surface area contributed by atoms with Crippen molar-refractivity contribution in [1.82, 2.24) is 15.1 Å². The molecule has 42 heavy (non-hydrogen) atoms. The van der Waals surface area contributed by atoms with Crippen molar-refractivity contribution < 1.29 is 33.4 Å². The Morgan fingerprint density at radius 2 is 1.55 bits per heavy atom. The topological polar surface area (TPSA) is 122 Å². The molecule has 1 aliphatic heterocycles. The summed E-state index contributed by atoms with van der Waals surface area (Å²) in [4.78, 5) is 68.8. The molecule has 3 rings (SSSR count). The summed E-state index contributed by atoms with van der Waals surface area (Å²) in [7, 11) is 1.21. The standard InChI is InChI=1S/C30H41Cl2N3O7/c1-28(2,3)42-27(40)30(6)12-11-18(29(30,4)5)24(37)33-21(17-22(36)41-7)25(38)34-13-15-35(16-14-34)26(39)23-19(31)9-8-10-20(23)32/h8-10,18,21H,11-17H2,1-7H3,(H,33,37)/t18-,21?,30+/m1/s1. The molecule has 3 amide bonds. The van der Waals surface area contributed by atoms with Gasteiger partial charge >= 0.3 is 11.9 Å². The minimum absolute atomic E-state index is 0.186. The SMILES string of the molecule is COC(=O)CC(NC(=O)[C@H]1CC[C@@](C)(C(=O)OC(C)(C)C)C1(C)C)C(=O)N1CCN(C(=O)c2c(Cl)cccc2Cl)CC1. The molecule has 12 heteroatoms. The molecule has 1 N–H and O–H groups in total. The molecule has 0 radical (unpaired) electrons. The van der Waals surface area contributed by atoms with E-state index in [9.17, 15) is 24.0 Å². The molecule has 1 saturated carbocycles. The third kappa shape index (κ3) is 7.02. The van der Waals surface area contributed by atoms with E-state index in [-0.39, 0.29) is 60.1 Å². The van der Waals surface area contributed by atoms with E-state index in [1.807, 2.05) is 20.8 Å². The lowest BCUT2D eigenvalue weighted by Crippen LogP contribution is -2.57. The number of esters is 2. The molecule has 1 unspecified atom stereocenters. The third-order valence-electron chi connectivity index (χ3n) is 8.66. The number of amides is 3. The van der Waals surface area contributed by atoms with Gasteiger partial charge in [0, 0.05) is 32.1 Å². The molecule has 0 bridgehead atoms. The Bertz CT molecular complexity index is 1220. The van der Waals surface area contributed by atoms with Gasteiger partial charge < -0.3 is 24.6 Å². The zero-order valence-corrected chi connectivity index (χ0v) is 26.9. The molecule has 1 aromatic carbocycles. The Kier molecular flexibility index (Phi) is 10.3. The monoisotopic (exact) mass is 625 g/mol. The van der Waals surface area contributed by atoms with Gasteiger partial charge in [-0.3, -0.25) is 24.0 Å². The van der Waals surface area contributed by atoms with Gasteiger partial charge in [-0.2, -0.15) is 0 Å². The van der Waals surface area contributed by atoms with Crippen molar-refractivity contribution in [3.63, 3.8) is 0 Å². The van der Waals surface area contributed by atoms with E-state index in [1.165, 1.54) is 12.0 Å². The Hall–Kier alpha value is -2.85. The Morgan fingerprint density at radius 3 is 2.07 bits per heavy atom. The smallest absolute Gasteiger partial charge is 0.312 e. The highest BCUT2D eigenvalue weighted by atomic mass is 35.5. The minimum Gasteiger partial charge on any atom is -0.469 e. The second kappa shape index (κ2) is 12.8. The van der Waals surface area contributed by atoms with Gasteiger partial charge in [0.15, 0.2) is 0 Å². The number of halogens is 2. The molecule has 1 saturated heterocycles. The summed E-state index contributed by atoms with van der Waals surface area (Å²) in [5, 5.41) is 3.26. The molecule has 1 heterocycles. The maximum atomic E-state index is 13.6. The van der Waals surface area contributed by atoms with E-state index >= 15 is 0 Å². The number of benzene rings is 1. The first-order chi connectivity index (χ1) is 19.4. The highest BCUT2D eigenvalue weighted by Gasteiger charge is 2.59. The van der Waals surface area contributed by atoms with Crippen LogP contribution < -0.4 is 5.32 Å². The summed E-state index contributed by atoms with van der Waals surface area (Å²) >= 11 is 12.4. The van der Waals surface area contributed by atoms with Crippen molar-refractivity contribution in [2.75, 3.05) is 33.3 Å². The summed E-state index contributed by atoms with van der Waals surface area (Å²) in [6.45, 7) is 11.7. The van der Waals surface area contributed by atoms with Gasteiger partial charge in [0.1, 0.15) is 11.6 Å². The average molecular weight is 627 g/mol. The van der Waals surface area contributed by atoms with E-state index in [2.05, 4.69) is 5.32 Å².